The van der Waals surface area contributed by atoms with E-state index in [1.807, 2.05) is 26.0 Å². The summed E-state index contributed by atoms with van der Waals surface area (Å²) in [4.78, 5) is 12.4. The van der Waals surface area contributed by atoms with Gasteiger partial charge in [-0.15, -0.1) is 0 Å². The van der Waals surface area contributed by atoms with Gasteiger partial charge in [0, 0.05) is 17.2 Å². The molecule has 1 saturated carbocycles. The third kappa shape index (κ3) is 2.96. The maximum absolute atomic E-state index is 12.4. The lowest BCUT2D eigenvalue weighted by atomic mass is 9.78. The van der Waals surface area contributed by atoms with E-state index in [4.69, 9.17) is 5.73 Å². The van der Waals surface area contributed by atoms with Crippen LogP contribution in [0.4, 0.5) is 5.69 Å². The molecule has 0 spiro atoms. The number of aromatic hydroxyl groups is 1. The first-order chi connectivity index (χ1) is 9.54. The van der Waals surface area contributed by atoms with E-state index in [9.17, 15) is 9.90 Å². The molecule has 4 heteroatoms. The van der Waals surface area contributed by atoms with Crippen LogP contribution in [0.5, 0.6) is 5.75 Å². The molecule has 1 amide bonds. The van der Waals surface area contributed by atoms with E-state index >= 15 is 0 Å². The summed E-state index contributed by atoms with van der Waals surface area (Å²) in [6.45, 7) is 4.23. The maximum Gasteiger partial charge on any atom is 0.227 e. The number of aryl methyl sites for hydroxylation is 1. The van der Waals surface area contributed by atoms with Crippen LogP contribution in [-0.2, 0) is 4.79 Å². The Kier molecular flexibility index (Phi) is 4.65. The van der Waals surface area contributed by atoms with Gasteiger partial charge >= 0.3 is 0 Å². The fourth-order valence-electron chi connectivity index (χ4n) is 3.03. The van der Waals surface area contributed by atoms with Crippen molar-refractivity contribution in [1.29, 1.82) is 0 Å². The number of nitrogens with one attached hydrogen (secondary N) is 1. The zero-order valence-corrected chi connectivity index (χ0v) is 12.3. The summed E-state index contributed by atoms with van der Waals surface area (Å²) >= 11 is 0. The van der Waals surface area contributed by atoms with Gasteiger partial charge in [-0.25, -0.2) is 0 Å². The predicted molar refractivity (Wildman–Crippen MR) is 80.7 cm³/mol. The van der Waals surface area contributed by atoms with E-state index in [1.165, 1.54) is 0 Å². The van der Waals surface area contributed by atoms with Crippen molar-refractivity contribution in [2.45, 2.75) is 39.5 Å². The van der Waals surface area contributed by atoms with Crippen molar-refractivity contribution < 1.29 is 9.90 Å². The number of amides is 1. The number of phenols is 1. The van der Waals surface area contributed by atoms with Gasteiger partial charge in [-0.1, -0.05) is 18.9 Å². The zero-order chi connectivity index (χ0) is 14.7. The highest BCUT2D eigenvalue weighted by atomic mass is 16.3. The Labute approximate surface area is 120 Å². The summed E-state index contributed by atoms with van der Waals surface area (Å²) < 4.78 is 0. The molecule has 110 valence electrons. The number of nitrogens with two attached hydrogens (primary N) is 1. The molecule has 2 rings (SSSR count). The van der Waals surface area contributed by atoms with Crippen molar-refractivity contribution in [3.8, 4) is 5.75 Å². The van der Waals surface area contributed by atoms with E-state index in [1.54, 1.807) is 0 Å². The van der Waals surface area contributed by atoms with Gasteiger partial charge in [-0.05, 0) is 50.8 Å². The fourth-order valence-corrected chi connectivity index (χ4v) is 3.03. The van der Waals surface area contributed by atoms with Crippen molar-refractivity contribution >= 4 is 11.6 Å². The highest BCUT2D eigenvalue weighted by Crippen LogP contribution is 2.32. The van der Waals surface area contributed by atoms with Gasteiger partial charge in [0.25, 0.3) is 0 Å². The lowest BCUT2D eigenvalue weighted by molar-refractivity contribution is -0.122. The molecule has 1 aromatic carbocycles. The maximum atomic E-state index is 12.4. The van der Waals surface area contributed by atoms with Crippen LogP contribution < -0.4 is 11.1 Å². The minimum atomic E-state index is -0.00315. The van der Waals surface area contributed by atoms with Crippen LogP contribution >= 0.6 is 0 Å². The standard InChI is InChI=1S/C16H24N2O2/c1-10-7-8-14(11(2)15(10)19)18-16(20)13-6-4-3-5-12(13)9-17/h7-8,12-13,19H,3-6,9,17H2,1-2H3,(H,18,20). The van der Waals surface area contributed by atoms with E-state index in [2.05, 4.69) is 5.32 Å². The SMILES string of the molecule is Cc1ccc(NC(=O)C2CCCCC2CN)c(C)c1O. The van der Waals surface area contributed by atoms with Crippen LogP contribution in [0, 0.1) is 25.7 Å². The van der Waals surface area contributed by atoms with Gasteiger partial charge in [0.15, 0.2) is 0 Å². The lowest BCUT2D eigenvalue weighted by Gasteiger charge is -2.29. The molecular formula is C16H24N2O2. The Morgan fingerprint density at radius 1 is 1.35 bits per heavy atom. The zero-order valence-electron chi connectivity index (χ0n) is 12.3. The van der Waals surface area contributed by atoms with Gasteiger partial charge in [-0.3, -0.25) is 4.79 Å². The van der Waals surface area contributed by atoms with Crippen molar-refractivity contribution in [2.75, 3.05) is 11.9 Å². The highest BCUT2D eigenvalue weighted by Gasteiger charge is 2.30. The van der Waals surface area contributed by atoms with Gasteiger partial charge < -0.3 is 16.2 Å². The third-order valence-electron chi connectivity index (χ3n) is 4.44. The summed E-state index contributed by atoms with van der Waals surface area (Å²) in [5.41, 5.74) is 8.01. The Hall–Kier alpha value is -1.55. The highest BCUT2D eigenvalue weighted by molar-refractivity contribution is 5.94. The average Bonchev–Trinajstić information content (AvgIpc) is 2.47. The number of anilines is 1. The molecule has 2 atom stereocenters. The van der Waals surface area contributed by atoms with Crippen LogP contribution in [0.1, 0.15) is 36.8 Å². The van der Waals surface area contributed by atoms with Crippen LogP contribution in [0.2, 0.25) is 0 Å². The second-order valence-electron chi connectivity index (χ2n) is 5.78. The first-order valence-electron chi connectivity index (χ1n) is 7.34. The van der Waals surface area contributed by atoms with Crippen molar-refractivity contribution in [2.24, 2.45) is 17.6 Å². The predicted octanol–water partition coefficient (Wildman–Crippen LogP) is 2.71. The number of hydrogen-bond acceptors (Lipinski definition) is 3. The number of rotatable bonds is 3. The number of hydrogen-bond donors (Lipinski definition) is 3. The molecule has 0 aromatic heterocycles. The van der Waals surface area contributed by atoms with E-state index in [0.29, 0.717) is 12.2 Å². The number of carbonyl (C=O) groups is 1. The quantitative estimate of drug-likeness (QED) is 0.794. The summed E-state index contributed by atoms with van der Waals surface area (Å²) in [6, 6.07) is 3.67. The topological polar surface area (TPSA) is 75.4 Å². The molecule has 0 heterocycles. The monoisotopic (exact) mass is 276 g/mol. The first kappa shape index (κ1) is 14.9. The number of benzene rings is 1. The summed E-state index contributed by atoms with van der Waals surface area (Å²) in [5.74, 6) is 0.563. The van der Waals surface area contributed by atoms with Gasteiger partial charge in [0.2, 0.25) is 5.91 Å². The summed E-state index contributed by atoms with van der Waals surface area (Å²) in [6.07, 6.45) is 4.19. The Bertz CT molecular complexity index is 499. The Balaban J connectivity index is 2.13. The fraction of sp³-hybridized carbons (Fsp3) is 0.562. The molecule has 1 aliphatic carbocycles. The van der Waals surface area contributed by atoms with Gasteiger partial charge in [0.05, 0.1) is 0 Å². The van der Waals surface area contributed by atoms with Crippen LogP contribution in [0.15, 0.2) is 12.1 Å². The van der Waals surface area contributed by atoms with E-state index in [0.717, 1.165) is 36.8 Å². The summed E-state index contributed by atoms with van der Waals surface area (Å²) in [7, 11) is 0. The minimum absolute atomic E-state index is 0.00315. The van der Waals surface area contributed by atoms with Gasteiger partial charge in [0.1, 0.15) is 5.75 Å². The molecule has 4 nitrogen and oxygen atoms in total. The smallest absolute Gasteiger partial charge is 0.227 e. The average molecular weight is 276 g/mol. The van der Waals surface area contributed by atoms with Crippen molar-refractivity contribution in [1.82, 2.24) is 0 Å². The Morgan fingerprint density at radius 2 is 2.05 bits per heavy atom. The molecule has 1 fully saturated rings. The van der Waals surface area contributed by atoms with E-state index in [-0.39, 0.29) is 23.5 Å². The van der Waals surface area contributed by atoms with Crippen LogP contribution in [-0.4, -0.2) is 17.6 Å². The third-order valence-corrected chi connectivity index (χ3v) is 4.44. The van der Waals surface area contributed by atoms with Crippen molar-refractivity contribution in [3.05, 3.63) is 23.3 Å². The lowest BCUT2D eigenvalue weighted by Crippen LogP contribution is -2.35. The van der Waals surface area contributed by atoms with E-state index < -0.39 is 0 Å². The molecule has 0 bridgehead atoms. The van der Waals surface area contributed by atoms with Gasteiger partial charge in [-0.2, -0.15) is 0 Å². The number of phenolic OH excluding ortho intramolecular Hbond substituents is 1. The molecule has 4 N–H and O–H groups in total. The minimum Gasteiger partial charge on any atom is -0.507 e. The molecule has 20 heavy (non-hydrogen) atoms. The van der Waals surface area contributed by atoms with Crippen LogP contribution in [0.3, 0.4) is 0 Å². The molecule has 0 radical (unpaired) electrons. The first-order valence-corrected chi connectivity index (χ1v) is 7.34. The number of carbonyl (C=O) groups excluding carboxylic acids is 1. The second-order valence-corrected chi connectivity index (χ2v) is 5.78. The molecule has 1 aliphatic rings. The molecule has 1 aromatic rings. The Morgan fingerprint density at radius 3 is 2.75 bits per heavy atom. The molecule has 0 saturated heterocycles. The molecule has 2 unspecified atom stereocenters. The molecular weight excluding hydrogens is 252 g/mol. The second kappa shape index (κ2) is 6.27. The molecule has 0 aliphatic heterocycles. The van der Waals surface area contributed by atoms with Crippen molar-refractivity contribution in [3.63, 3.8) is 0 Å². The van der Waals surface area contributed by atoms with Crippen LogP contribution in [0.25, 0.3) is 0 Å². The summed E-state index contributed by atoms with van der Waals surface area (Å²) in [5, 5.41) is 12.9. The largest absolute Gasteiger partial charge is 0.507 e. The normalized spacial score (nSPS) is 22.6.